The number of aromatic nitrogens is 1. The molecule has 5 nitrogen and oxygen atoms in total. The van der Waals surface area contributed by atoms with Crippen molar-refractivity contribution in [3.63, 3.8) is 0 Å². The van der Waals surface area contributed by atoms with E-state index >= 15 is 0 Å². The highest BCUT2D eigenvalue weighted by Crippen LogP contribution is 2.13. The van der Waals surface area contributed by atoms with E-state index in [0.717, 1.165) is 29.3 Å². The summed E-state index contributed by atoms with van der Waals surface area (Å²) < 4.78 is 0. The standard InChI is InChI=1S/C21H29N3O2/c1-4-5-8-20(25)23-15(2)12-16(3)24-21(26)14-17-9-10-18-7-6-11-22-19(18)13-17/h6-7,9-11,13,15-16H,4-5,8,12,14H2,1-3H3,(H,23,25)(H,24,26). The van der Waals surface area contributed by atoms with Gasteiger partial charge in [0.2, 0.25) is 11.8 Å². The molecule has 2 unspecified atom stereocenters. The lowest BCUT2D eigenvalue weighted by atomic mass is 10.1. The predicted molar refractivity (Wildman–Crippen MR) is 105 cm³/mol. The van der Waals surface area contributed by atoms with E-state index in [1.165, 1.54) is 0 Å². The number of carbonyl (C=O) groups excluding carboxylic acids is 2. The molecule has 0 saturated carbocycles. The van der Waals surface area contributed by atoms with Gasteiger partial charge in [-0.25, -0.2) is 0 Å². The number of unbranched alkanes of at least 4 members (excludes halogenated alkanes) is 1. The first-order valence-corrected chi connectivity index (χ1v) is 9.40. The fourth-order valence-corrected chi connectivity index (χ4v) is 3.07. The molecule has 2 rings (SSSR count). The summed E-state index contributed by atoms with van der Waals surface area (Å²) >= 11 is 0. The fraction of sp³-hybridized carbons (Fsp3) is 0.476. The van der Waals surface area contributed by atoms with Crippen LogP contribution in [0.25, 0.3) is 10.9 Å². The van der Waals surface area contributed by atoms with Crippen LogP contribution in [0, 0.1) is 0 Å². The Morgan fingerprint density at radius 2 is 1.81 bits per heavy atom. The summed E-state index contributed by atoms with van der Waals surface area (Å²) in [4.78, 5) is 28.4. The Kier molecular flexibility index (Phi) is 7.57. The van der Waals surface area contributed by atoms with E-state index in [1.54, 1.807) is 6.20 Å². The minimum Gasteiger partial charge on any atom is -0.354 e. The summed E-state index contributed by atoms with van der Waals surface area (Å²) in [5.41, 5.74) is 1.84. The van der Waals surface area contributed by atoms with E-state index < -0.39 is 0 Å². The molecule has 1 aromatic heterocycles. The van der Waals surface area contributed by atoms with Crippen LogP contribution in [0.1, 0.15) is 52.0 Å². The normalized spacial score (nSPS) is 13.2. The molecule has 26 heavy (non-hydrogen) atoms. The Morgan fingerprint density at radius 3 is 2.54 bits per heavy atom. The van der Waals surface area contributed by atoms with Gasteiger partial charge in [-0.3, -0.25) is 14.6 Å². The fourth-order valence-electron chi connectivity index (χ4n) is 3.07. The molecule has 2 amide bonds. The molecule has 0 bridgehead atoms. The second-order valence-electron chi connectivity index (χ2n) is 6.98. The number of amides is 2. The number of carbonyl (C=O) groups is 2. The van der Waals surface area contributed by atoms with Crippen LogP contribution < -0.4 is 10.6 Å². The van der Waals surface area contributed by atoms with Crippen LogP contribution in [0.3, 0.4) is 0 Å². The van der Waals surface area contributed by atoms with E-state index in [1.807, 2.05) is 44.2 Å². The van der Waals surface area contributed by atoms with Crippen molar-refractivity contribution in [2.24, 2.45) is 0 Å². The Bertz CT molecular complexity index is 745. The van der Waals surface area contributed by atoms with Crippen molar-refractivity contribution in [2.75, 3.05) is 0 Å². The van der Waals surface area contributed by atoms with Crippen LogP contribution in [0.4, 0.5) is 0 Å². The summed E-state index contributed by atoms with van der Waals surface area (Å²) in [6.45, 7) is 6.01. The highest BCUT2D eigenvalue weighted by Gasteiger charge is 2.14. The third kappa shape index (κ3) is 6.47. The van der Waals surface area contributed by atoms with Gasteiger partial charge >= 0.3 is 0 Å². The molecular formula is C21H29N3O2. The topological polar surface area (TPSA) is 71.1 Å². The maximum absolute atomic E-state index is 12.3. The predicted octanol–water partition coefficient (Wildman–Crippen LogP) is 3.37. The molecule has 0 radical (unpaired) electrons. The zero-order valence-electron chi connectivity index (χ0n) is 15.9. The zero-order valence-corrected chi connectivity index (χ0v) is 15.9. The zero-order chi connectivity index (χ0) is 18.9. The number of hydrogen-bond acceptors (Lipinski definition) is 3. The van der Waals surface area contributed by atoms with Crippen molar-refractivity contribution in [3.05, 3.63) is 42.1 Å². The number of hydrogen-bond donors (Lipinski definition) is 2. The molecular weight excluding hydrogens is 326 g/mol. The number of fused-ring (bicyclic) bond motifs is 1. The first-order valence-electron chi connectivity index (χ1n) is 9.40. The van der Waals surface area contributed by atoms with E-state index in [-0.39, 0.29) is 23.9 Å². The van der Waals surface area contributed by atoms with Crippen LogP contribution >= 0.6 is 0 Å². The number of benzene rings is 1. The van der Waals surface area contributed by atoms with Crippen LogP contribution in [0.5, 0.6) is 0 Å². The van der Waals surface area contributed by atoms with Gasteiger partial charge in [0.15, 0.2) is 0 Å². The number of pyridine rings is 1. The van der Waals surface area contributed by atoms with Crippen molar-refractivity contribution >= 4 is 22.7 Å². The van der Waals surface area contributed by atoms with E-state index in [9.17, 15) is 9.59 Å². The number of rotatable bonds is 9. The average molecular weight is 355 g/mol. The Labute approximate surface area is 155 Å². The molecule has 1 heterocycles. The number of nitrogens with one attached hydrogen (secondary N) is 2. The van der Waals surface area contributed by atoms with Crippen LogP contribution in [0.15, 0.2) is 36.5 Å². The molecule has 0 saturated heterocycles. The summed E-state index contributed by atoms with van der Waals surface area (Å²) in [7, 11) is 0. The van der Waals surface area contributed by atoms with Gasteiger partial charge in [-0.15, -0.1) is 0 Å². The van der Waals surface area contributed by atoms with Crippen molar-refractivity contribution in [3.8, 4) is 0 Å². The van der Waals surface area contributed by atoms with Crippen molar-refractivity contribution in [2.45, 2.75) is 65.0 Å². The summed E-state index contributed by atoms with van der Waals surface area (Å²) in [5.74, 6) is 0.0684. The molecule has 140 valence electrons. The molecule has 0 spiro atoms. The maximum atomic E-state index is 12.3. The third-order valence-corrected chi connectivity index (χ3v) is 4.31. The third-order valence-electron chi connectivity index (χ3n) is 4.31. The molecule has 0 aliphatic heterocycles. The number of nitrogens with zero attached hydrogens (tertiary/aromatic N) is 1. The van der Waals surface area contributed by atoms with Gasteiger partial charge in [-0.2, -0.15) is 0 Å². The van der Waals surface area contributed by atoms with Gasteiger partial charge in [-0.1, -0.05) is 31.5 Å². The SMILES string of the molecule is CCCCC(=O)NC(C)CC(C)NC(=O)Cc1ccc2cccnc2c1. The van der Waals surface area contributed by atoms with Gasteiger partial charge in [-0.05, 0) is 44.4 Å². The largest absolute Gasteiger partial charge is 0.354 e. The maximum Gasteiger partial charge on any atom is 0.224 e. The van der Waals surface area contributed by atoms with Crippen molar-refractivity contribution < 1.29 is 9.59 Å². The Morgan fingerprint density at radius 1 is 1.08 bits per heavy atom. The van der Waals surface area contributed by atoms with E-state index in [4.69, 9.17) is 0 Å². The lowest BCUT2D eigenvalue weighted by Crippen LogP contribution is -2.40. The molecule has 2 atom stereocenters. The van der Waals surface area contributed by atoms with Gasteiger partial charge < -0.3 is 10.6 Å². The second-order valence-corrected chi connectivity index (χ2v) is 6.98. The smallest absolute Gasteiger partial charge is 0.224 e. The van der Waals surface area contributed by atoms with Gasteiger partial charge in [0, 0.05) is 30.1 Å². The summed E-state index contributed by atoms with van der Waals surface area (Å²) in [6, 6.07) is 9.86. The molecule has 5 heteroatoms. The van der Waals surface area contributed by atoms with Gasteiger partial charge in [0.1, 0.15) is 0 Å². The second kappa shape index (κ2) is 9.90. The molecule has 1 aromatic carbocycles. The van der Waals surface area contributed by atoms with Gasteiger partial charge in [0.05, 0.1) is 11.9 Å². The van der Waals surface area contributed by atoms with Crippen LogP contribution in [-0.4, -0.2) is 28.9 Å². The first kappa shape index (κ1) is 19.9. The lowest BCUT2D eigenvalue weighted by molar-refractivity contribution is -0.121. The monoisotopic (exact) mass is 355 g/mol. The lowest BCUT2D eigenvalue weighted by Gasteiger charge is -2.20. The minimum atomic E-state index is -0.0164. The molecule has 0 aliphatic rings. The van der Waals surface area contributed by atoms with E-state index in [0.29, 0.717) is 19.3 Å². The summed E-state index contributed by atoms with van der Waals surface area (Å²) in [6.07, 6.45) is 5.28. The highest BCUT2D eigenvalue weighted by molar-refractivity contribution is 5.83. The molecule has 0 aliphatic carbocycles. The highest BCUT2D eigenvalue weighted by atomic mass is 16.2. The Hall–Kier alpha value is -2.43. The van der Waals surface area contributed by atoms with Crippen LogP contribution in [0.2, 0.25) is 0 Å². The van der Waals surface area contributed by atoms with Crippen LogP contribution in [-0.2, 0) is 16.0 Å². The quantitative estimate of drug-likeness (QED) is 0.724. The van der Waals surface area contributed by atoms with E-state index in [2.05, 4.69) is 22.5 Å². The average Bonchev–Trinajstić information content (AvgIpc) is 2.59. The first-order chi connectivity index (χ1) is 12.5. The van der Waals surface area contributed by atoms with Crippen molar-refractivity contribution in [1.29, 1.82) is 0 Å². The molecule has 0 fully saturated rings. The molecule has 2 aromatic rings. The summed E-state index contributed by atoms with van der Waals surface area (Å²) in [5, 5.41) is 7.07. The van der Waals surface area contributed by atoms with Gasteiger partial charge in [0.25, 0.3) is 0 Å². The molecule has 2 N–H and O–H groups in total. The Balaban J connectivity index is 1.79. The van der Waals surface area contributed by atoms with Crippen molar-refractivity contribution in [1.82, 2.24) is 15.6 Å². The minimum absolute atomic E-state index is 0.00237.